The van der Waals surface area contributed by atoms with Crippen molar-refractivity contribution in [2.45, 2.75) is 25.7 Å². The highest BCUT2D eigenvalue weighted by Crippen LogP contribution is 2.34. The summed E-state index contributed by atoms with van der Waals surface area (Å²) in [7, 11) is 0. The minimum atomic E-state index is -0.260. The van der Waals surface area contributed by atoms with Crippen molar-refractivity contribution < 1.29 is 4.39 Å². The molecule has 7 rings (SSSR count). The molecule has 1 fully saturated rings. The largest absolute Gasteiger partial charge is 0.338 e. The highest BCUT2D eigenvalue weighted by molar-refractivity contribution is 6.00. The van der Waals surface area contributed by atoms with E-state index in [1.165, 1.54) is 37.6 Å². The molecular formula is C32H29FN6. The average Bonchev–Trinajstić information content (AvgIpc) is 3.72. The van der Waals surface area contributed by atoms with Crippen LogP contribution in [-0.4, -0.2) is 49.7 Å². The van der Waals surface area contributed by atoms with Crippen LogP contribution in [0.3, 0.4) is 0 Å². The Morgan fingerprint density at radius 2 is 1.79 bits per heavy atom. The maximum atomic E-state index is 13.9. The van der Waals surface area contributed by atoms with Gasteiger partial charge in [0.2, 0.25) is 0 Å². The standard InChI is InChI=1S/C32H29FN6/c33-25-7-3-6-23(16-25)26-10-11-35-32-27(26)18-30(36-32)31-28-17-22(8-9-29(28)37-38-31)24-15-21(19-34-20-24)5-4-14-39-12-1-2-13-39/h3,6-11,15-20H,1-2,4-5,12-14H2,(H,35,36)(H,37,38). The Balaban J connectivity index is 1.20. The van der Waals surface area contributed by atoms with E-state index in [0.29, 0.717) is 0 Å². The highest BCUT2D eigenvalue weighted by Gasteiger charge is 2.16. The van der Waals surface area contributed by atoms with Crippen LogP contribution in [0, 0.1) is 5.82 Å². The number of rotatable bonds is 7. The van der Waals surface area contributed by atoms with Gasteiger partial charge in [-0.2, -0.15) is 5.10 Å². The summed E-state index contributed by atoms with van der Waals surface area (Å²) in [6, 6.07) is 19.2. The lowest BCUT2D eigenvalue weighted by Crippen LogP contribution is -2.20. The Kier molecular flexibility index (Phi) is 6.13. The number of aromatic amines is 2. The molecule has 5 heterocycles. The number of aromatic nitrogens is 5. The molecular weight excluding hydrogens is 487 g/mol. The van der Waals surface area contributed by atoms with E-state index in [0.717, 1.165) is 75.0 Å². The van der Waals surface area contributed by atoms with Gasteiger partial charge in [0.25, 0.3) is 0 Å². The van der Waals surface area contributed by atoms with Crippen molar-refractivity contribution in [3.8, 4) is 33.6 Å². The van der Waals surface area contributed by atoms with Gasteiger partial charge >= 0.3 is 0 Å². The predicted octanol–water partition coefficient (Wildman–Crippen LogP) is 7.00. The number of pyridine rings is 2. The Labute approximate surface area is 225 Å². The van der Waals surface area contributed by atoms with Crippen LogP contribution in [-0.2, 0) is 6.42 Å². The lowest BCUT2D eigenvalue weighted by atomic mass is 10.0. The quantitative estimate of drug-likeness (QED) is 0.240. The first-order chi connectivity index (χ1) is 19.2. The van der Waals surface area contributed by atoms with Gasteiger partial charge in [0.1, 0.15) is 17.2 Å². The first-order valence-electron chi connectivity index (χ1n) is 13.6. The molecule has 0 radical (unpaired) electrons. The molecule has 1 aliphatic heterocycles. The summed E-state index contributed by atoms with van der Waals surface area (Å²) in [4.78, 5) is 15.1. The number of aryl methyl sites for hydroxylation is 1. The summed E-state index contributed by atoms with van der Waals surface area (Å²) < 4.78 is 13.9. The summed E-state index contributed by atoms with van der Waals surface area (Å²) in [5.41, 5.74) is 8.60. The summed E-state index contributed by atoms with van der Waals surface area (Å²) in [5.74, 6) is -0.260. The second kappa shape index (κ2) is 10.1. The third-order valence-electron chi connectivity index (χ3n) is 7.75. The Hall–Kier alpha value is -4.36. The number of likely N-dealkylation sites (tertiary alicyclic amines) is 1. The van der Waals surface area contributed by atoms with Crippen molar-refractivity contribution in [3.63, 3.8) is 0 Å². The molecule has 0 spiro atoms. The minimum Gasteiger partial charge on any atom is -0.338 e. The molecule has 0 aliphatic carbocycles. The molecule has 0 amide bonds. The van der Waals surface area contributed by atoms with Gasteiger partial charge < -0.3 is 9.88 Å². The molecule has 2 aromatic carbocycles. The van der Waals surface area contributed by atoms with Crippen molar-refractivity contribution in [2.75, 3.05) is 19.6 Å². The predicted molar refractivity (Wildman–Crippen MR) is 154 cm³/mol. The molecule has 2 N–H and O–H groups in total. The summed E-state index contributed by atoms with van der Waals surface area (Å²) in [6.07, 6.45) is 10.5. The fraction of sp³-hybridized carbons (Fsp3) is 0.219. The van der Waals surface area contributed by atoms with E-state index in [9.17, 15) is 4.39 Å². The molecule has 0 atom stereocenters. The average molecular weight is 517 g/mol. The second-order valence-corrected chi connectivity index (χ2v) is 10.4. The van der Waals surface area contributed by atoms with E-state index >= 15 is 0 Å². The third-order valence-corrected chi connectivity index (χ3v) is 7.75. The van der Waals surface area contributed by atoms with Gasteiger partial charge in [-0.15, -0.1) is 0 Å². The molecule has 39 heavy (non-hydrogen) atoms. The lowest BCUT2D eigenvalue weighted by molar-refractivity contribution is 0.334. The second-order valence-electron chi connectivity index (χ2n) is 10.4. The van der Waals surface area contributed by atoms with Gasteiger partial charge in [0.05, 0.1) is 11.2 Å². The number of halogens is 1. The van der Waals surface area contributed by atoms with E-state index in [1.807, 2.05) is 30.6 Å². The zero-order valence-corrected chi connectivity index (χ0v) is 21.6. The fourth-order valence-corrected chi connectivity index (χ4v) is 5.76. The number of nitrogens with zero attached hydrogens (tertiary/aromatic N) is 4. The van der Waals surface area contributed by atoms with Crippen LogP contribution in [0.25, 0.3) is 55.6 Å². The van der Waals surface area contributed by atoms with Crippen molar-refractivity contribution in [1.29, 1.82) is 0 Å². The molecule has 1 saturated heterocycles. The maximum absolute atomic E-state index is 13.9. The monoisotopic (exact) mass is 516 g/mol. The molecule has 6 aromatic rings. The Morgan fingerprint density at radius 3 is 2.69 bits per heavy atom. The van der Waals surface area contributed by atoms with Crippen molar-refractivity contribution in [1.82, 2.24) is 30.0 Å². The number of nitrogens with one attached hydrogen (secondary N) is 2. The van der Waals surface area contributed by atoms with Crippen molar-refractivity contribution in [2.24, 2.45) is 0 Å². The number of hydrogen-bond donors (Lipinski definition) is 2. The number of hydrogen-bond acceptors (Lipinski definition) is 4. The zero-order valence-electron chi connectivity index (χ0n) is 21.6. The third kappa shape index (κ3) is 4.70. The van der Waals surface area contributed by atoms with Crippen LogP contribution < -0.4 is 0 Å². The van der Waals surface area contributed by atoms with Gasteiger partial charge in [-0.25, -0.2) is 9.37 Å². The van der Waals surface area contributed by atoms with Gasteiger partial charge in [-0.1, -0.05) is 18.2 Å². The fourth-order valence-electron chi connectivity index (χ4n) is 5.76. The molecule has 0 unspecified atom stereocenters. The minimum absolute atomic E-state index is 0.260. The number of H-pyrrole nitrogens is 2. The lowest BCUT2D eigenvalue weighted by Gasteiger charge is -2.14. The van der Waals surface area contributed by atoms with Gasteiger partial charge in [0, 0.05) is 34.9 Å². The van der Waals surface area contributed by atoms with Crippen molar-refractivity contribution >= 4 is 21.9 Å². The smallest absolute Gasteiger partial charge is 0.138 e. The number of benzene rings is 2. The highest BCUT2D eigenvalue weighted by atomic mass is 19.1. The van der Waals surface area contributed by atoms with Crippen LogP contribution in [0.4, 0.5) is 4.39 Å². The first-order valence-corrected chi connectivity index (χ1v) is 13.6. The summed E-state index contributed by atoms with van der Waals surface area (Å²) in [5, 5.41) is 9.76. The van der Waals surface area contributed by atoms with Gasteiger partial charge in [-0.3, -0.25) is 10.1 Å². The molecule has 6 nitrogen and oxygen atoms in total. The van der Waals surface area contributed by atoms with E-state index in [4.69, 9.17) is 0 Å². The first kappa shape index (κ1) is 23.7. The van der Waals surface area contributed by atoms with Crippen LogP contribution in [0.2, 0.25) is 0 Å². The molecule has 4 aromatic heterocycles. The van der Waals surface area contributed by atoms with Crippen molar-refractivity contribution in [3.05, 3.63) is 90.6 Å². The normalized spacial score (nSPS) is 14.1. The molecule has 7 heteroatoms. The summed E-state index contributed by atoms with van der Waals surface area (Å²) in [6.45, 7) is 3.64. The van der Waals surface area contributed by atoms with Crippen LogP contribution in [0.15, 0.2) is 79.3 Å². The maximum Gasteiger partial charge on any atom is 0.138 e. The topological polar surface area (TPSA) is 73.5 Å². The van der Waals surface area contributed by atoms with Crippen LogP contribution in [0.5, 0.6) is 0 Å². The van der Waals surface area contributed by atoms with Gasteiger partial charge in [-0.05, 0) is 110 Å². The zero-order chi connectivity index (χ0) is 26.2. The molecule has 0 saturated carbocycles. The van der Waals surface area contributed by atoms with E-state index in [2.05, 4.69) is 54.3 Å². The molecule has 1 aliphatic rings. The van der Waals surface area contributed by atoms with E-state index in [-0.39, 0.29) is 5.82 Å². The SMILES string of the molecule is Fc1cccc(-c2ccnc3[nH]c(-c4n[nH]c5ccc(-c6cncc(CCCN7CCCC7)c6)cc45)cc23)c1. The Bertz CT molecular complexity index is 1780. The van der Waals surface area contributed by atoms with E-state index in [1.54, 1.807) is 18.3 Å². The number of fused-ring (bicyclic) bond motifs is 2. The molecule has 194 valence electrons. The van der Waals surface area contributed by atoms with Crippen LogP contribution in [0.1, 0.15) is 24.8 Å². The summed E-state index contributed by atoms with van der Waals surface area (Å²) >= 11 is 0. The van der Waals surface area contributed by atoms with Gasteiger partial charge in [0.15, 0.2) is 0 Å². The van der Waals surface area contributed by atoms with E-state index < -0.39 is 0 Å². The Morgan fingerprint density at radius 1 is 0.872 bits per heavy atom. The van der Waals surface area contributed by atoms with Crippen LogP contribution >= 0.6 is 0 Å². The molecule has 0 bridgehead atoms.